The fourth-order valence-corrected chi connectivity index (χ4v) is 6.09. The monoisotopic (exact) mass is 600 g/mol. The molecule has 2 aliphatic heterocycles. The Morgan fingerprint density at radius 2 is 1.74 bits per heavy atom. The number of thiazole rings is 1. The molecule has 43 heavy (non-hydrogen) atoms. The number of benzene rings is 1. The highest BCUT2D eigenvalue weighted by molar-refractivity contribution is 7.22. The molecule has 0 aliphatic carbocycles. The maximum atomic E-state index is 12.3. The molecule has 0 radical (unpaired) electrons. The molecule has 12 nitrogen and oxygen atoms in total. The summed E-state index contributed by atoms with van der Waals surface area (Å²) >= 11 is 1.68. The Morgan fingerprint density at radius 3 is 2.49 bits per heavy atom. The topological polar surface area (TPSA) is 129 Å². The van der Waals surface area contributed by atoms with Crippen LogP contribution in [0.15, 0.2) is 54.9 Å². The lowest BCUT2D eigenvalue weighted by Crippen LogP contribution is -2.46. The molecule has 2 aliphatic rings. The number of hydrogen-bond donors (Lipinski definition) is 2. The number of morpholine rings is 1. The number of nitrogens with one attached hydrogen (secondary N) is 1. The average molecular weight is 601 g/mol. The molecule has 0 bridgehead atoms. The first kappa shape index (κ1) is 28.8. The molecule has 224 valence electrons. The first-order valence-corrected chi connectivity index (χ1v) is 15.2. The van der Waals surface area contributed by atoms with Gasteiger partial charge in [-0.15, -0.1) is 0 Å². The van der Waals surface area contributed by atoms with Gasteiger partial charge in [0.25, 0.3) is 0 Å². The lowest BCUT2D eigenvalue weighted by atomic mass is 10.1. The molecule has 2 saturated heterocycles. The van der Waals surface area contributed by atoms with E-state index in [0.717, 1.165) is 83.1 Å². The van der Waals surface area contributed by atoms with Gasteiger partial charge in [-0.25, -0.2) is 19.9 Å². The van der Waals surface area contributed by atoms with Gasteiger partial charge in [0.1, 0.15) is 5.82 Å². The van der Waals surface area contributed by atoms with E-state index in [1.54, 1.807) is 29.8 Å². The number of fused-ring (bicyclic) bond motifs is 1. The molecule has 1 aromatic carbocycles. The van der Waals surface area contributed by atoms with Gasteiger partial charge in [0.05, 0.1) is 29.1 Å². The zero-order valence-electron chi connectivity index (χ0n) is 24.4. The maximum absolute atomic E-state index is 12.3. The normalized spacial score (nSPS) is 16.0. The van der Waals surface area contributed by atoms with Gasteiger partial charge in [-0.2, -0.15) is 0 Å². The van der Waals surface area contributed by atoms with Crippen molar-refractivity contribution < 1.29 is 9.53 Å². The van der Waals surface area contributed by atoms with Crippen LogP contribution in [0.3, 0.4) is 0 Å². The van der Waals surface area contributed by atoms with Gasteiger partial charge in [0.2, 0.25) is 11.9 Å². The second-order valence-electron chi connectivity index (χ2n) is 10.8. The third-order valence-corrected chi connectivity index (χ3v) is 8.50. The van der Waals surface area contributed by atoms with Crippen LogP contribution in [0.5, 0.6) is 0 Å². The van der Waals surface area contributed by atoms with Gasteiger partial charge >= 0.3 is 0 Å². The van der Waals surface area contributed by atoms with Crippen molar-refractivity contribution in [3.05, 3.63) is 54.9 Å². The van der Waals surface area contributed by atoms with Crippen LogP contribution >= 0.6 is 11.3 Å². The quantitative estimate of drug-likeness (QED) is 0.290. The molecule has 3 aromatic heterocycles. The van der Waals surface area contributed by atoms with Gasteiger partial charge in [-0.05, 0) is 38.4 Å². The number of pyridine rings is 1. The summed E-state index contributed by atoms with van der Waals surface area (Å²) in [6, 6.07) is 10.2. The van der Waals surface area contributed by atoms with E-state index in [1.807, 2.05) is 43.3 Å². The molecule has 0 atom stereocenters. The van der Waals surface area contributed by atoms with Gasteiger partial charge in [-0.3, -0.25) is 4.79 Å². The van der Waals surface area contributed by atoms with Crippen LogP contribution in [-0.2, 0) is 9.53 Å². The zero-order valence-corrected chi connectivity index (χ0v) is 25.3. The number of amides is 1. The summed E-state index contributed by atoms with van der Waals surface area (Å²) in [5, 5.41) is 3.93. The molecule has 5 heterocycles. The lowest BCUT2D eigenvalue weighted by Gasteiger charge is -2.37. The highest BCUT2D eigenvalue weighted by Gasteiger charge is 2.23. The third kappa shape index (κ3) is 7.01. The number of likely N-dealkylation sites (N-methyl/N-ethyl adjacent to an activating group) is 1. The molecular formula is C30H36N10O2S. The molecule has 13 heteroatoms. The summed E-state index contributed by atoms with van der Waals surface area (Å²) in [5.74, 6) is 1.03. The van der Waals surface area contributed by atoms with Crippen molar-refractivity contribution in [3.63, 3.8) is 0 Å². The van der Waals surface area contributed by atoms with Crippen LogP contribution in [0, 0.1) is 0 Å². The molecule has 3 N–H and O–H groups in total. The van der Waals surface area contributed by atoms with Crippen molar-refractivity contribution in [1.82, 2.24) is 24.8 Å². The largest absolute Gasteiger partial charge is 0.378 e. The van der Waals surface area contributed by atoms with Crippen molar-refractivity contribution in [3.8, 4) is 11.3 Å². The van der Waals surface area contributed by atoms with Crippen molar-refractivity contribution in [2.24, 2.45) is 0 Å². The highest BCUT2D eigenvalue weighted by Crippen LogP contribution is 2.33. The molecule has 4 aromatic rings. The first-order valence-electron chi connectivity index (χ1n) is 14.4. The Bertz CT molecular complexity index is 1590. The van der Waals surface area contributed by atoms with Crippen molar-refractivity contribution in [1.29, 1.82) is 0 Å². The number of nitrogens with two attached hydrogens (primary N) is 1. The van der Waals surface area contributed by atoms with Gasteiger partial charge in [0.15, 0.2) is 5.13 Å². The lowest BCUT2D eigenvalue weighted by molar-refractivity contribution is -0.111. The summed E-state index contributed by atoms with van der Waals surface area (Å²) in [4.78, 5) is 39.5. The summed E-state index contributed by atoms with van der Waals surface area (Å²) in [5.41, 5.74) is 10.1. The molecule has 2 fully saturated rings. The van der Waals surface area contributed by atoms with Crippen LogP contribution in [0.4, 0.5) is 28.3 Å². The molecule has 0 unspecified atom stereocenters. The van der Waals surface area contributed by atoms with Crippen LogP contribution in [0.2, 0.25) is 0 Å². The third-order valence-electron chi connectivity index (χ3n) is 7.40. The van der Waals surface area contributed by atoms with Gasteiger partial charge < -0.3 is 35.4 Å². The predicted octanol–water partition coefficient (Wildman–Crippen LogP) is 2.95. The minimum Gasteiger partial charge on any atom is -0.378 e. The van der Waals surface area contributed by atoms with E-state index in [0.29, 0.717) is 19.8 Å². The molecule has 0 spiro atoms. The maximum Gasteiger partial charge on any atom is 0.248 e. The predicted molar refractivity (Wildman–Crippen MR) is 173 cm³/mol. The molecule has 6 rings (SSSR count). The van der Waals surface area contributed by atoms with Crippen LogP contribution < -0.4 is 25.8 Å². The molecule has 0 saturated carbocycles. The van der Waals surface area contributed by atoms with E-state index in [-0.39, 0.29) is 11.9 Å². The number of carbonyl (C=O) groups excluding carboxylic acids is 1. The Morgan fingerprint density at radius 1 is 1.00 bits per heavy atom. The van der Waals surface area contributed by atoms with Gasteiger partial charge in [-0.1, -0.05) is 17.4 Å². The number of anilines is 5. The number of piperazine rings is 1. The summed E-state index contributed by atoms with van der Waals surface area (Å²) in [6.07, 6.45) is 6.86. The van der Waals surface area contributed by atoms with E-state index >= 15 is 0 Å². The standard InChI is InChI=1S/C30H36N10O2S/c1-37(2)7-3-4-28(41)34-22-5-6-26-25(16-22)36-30(43-26)40-10-8-38(9-11-40)23-17-24(21-19-32-29(31)33-20-21)35-27(18-23)39-12-14-42-15-13-39/h3-6,16-20H,7-15H2,1-2H3,(H,34,41)(H2,31,32,33). The van der Waals surface area contributed by atoms with E-state index in [2.05, 4.69) is 42.1 Å². The van der Waals surface area contributed by atoms with Crippen molar-refractivity contribution in [2.75, 3.05) is 98.9 Å². The molecule has 1 amide bonds. The fraction of sp³-hybridized carbons (Fsp3) is 0.367. The summed E-state index contributed by atoms with van der Waals surface area (Å²) in [7, 11) is 3.93. The SMILES string of the molecule is CN(C)CC=CC(=O)Nc1ccc2sc(N3CCN(c4cc(-c5cnc(N)nc5)nc(N5CCOCC5)c4)CC3)nc2c1. The van der Waals surface area contributed by atoms with Gasteiger partial charge in [0, 0.05) is 87.3 Å². The van der Waals surface area contributed by atoms with E-state index in [9.17, 15) is 4.79 Å². The number of aromatic nitrogens is 4. The second kappa shape index (κ2) is 12.9. The summed E-state index contributed by atoms with van der Waals surface area (Å²) in [6.45, 7) is 7.08. The summed E-state index contributed by atoms with van der Waals surface area (Å²) < 4.78 is 6.66. The Balaban J connectivity index is 1.15. The Labute approximate surface area is 254 Å². The number of rotatable bonds is 8. The number of nitrogen functional groups attached to an aromatic ring is 1. The Kier molecular flexibility index (Phi) is 8.63. The number of hydrogen-bond acceptors (Lipinski definition) is 12. The first-order chi connectivity index (χ1) is 20.9. The van der Waals surface area contributed by atoms with E-state index < -0.39 is 0 Å². The smallest absolute Gasteiger partial charge is 0.248 e. The second-order valence-corrected chi connectivity index (χ2v) is 11.8. The van der Waals surface area contributed by atoms with Crippen molar-refractivity contribution >= 4 is 55.7 Å². The highest BCUT2D eigenvalue weighted by atomic mass is 32.1. The Hall–Kier alpha value is -4.33. The number of nitrogens with zero attached hydrogens (tertiary/aromatic N) is 8. The number of ether oxygens (including phenoxy) is 1. The van der Waals surface area contributed by atoms with Crippen LogP contribution in [0.25, 0.3) is 21.5 Å². The fourth-order valence-electron chi connectivity index (χ4n) is 5.10. The van der Waals surface area contributed by atoms with Crippen LogP contribution in [0.1, 0.15) is 0 Å². The van der Waals surface area contributed by atoms with E-state index in [1.165, 1.54) is 0 Å². The zero-order chi connectivity index (χ0) is 29.8. The minimum atomic E-state index is -0.146. The number of carbonyl (C=O) groups is 1. The average Bonchev–Trinajstić information content (AvgIpc) is 3.45. The van der Waals surface area contributed by atoms with Crippen LogP contribution in [-0.4, -0.2) is 104 Å². The minimum absolute atomic E-state index is 0.146. The molecular weight excluding hydrogens is 564 g/mol. The van der Waals surface area contributed by atoms with E-state index in [4.69, 9.17) is 20.4 Å². The van der Waals surface area contributed by atoms with Crippen molar-refractivity contribution in [2.45, 2.75) is 0 Å².